The van der Waals surface area contributed by atoms with Crippen LogP contribution < -0.4 is 5.32 Å². The fourth-order valence-corrected chi connectivity index (χ4v) is 3.46. The number of aliphatic hydroxyl groups excluding tert-OH is 1. The van der Waals surface area contributed by atoms with Crippen molar-refractivity contribution in [2.75, 3.05) is 5.32 Å². The third-order valence-electron chi connectivity index (χ3n) is 2.96. The van der Waals surface area contributed by atoms with Crippen LogP contribution in [-0.4, -0.2) is 11.0 Å². The summed E-state index contributed by atoms with van der Waals surface area (Å²) in [5, 5.41) is 12.3. The molecule has 1 unspecified atom stereocenters. The summed E-state index contributed by atoms with van der Waals surface area (Å²) in [6, 6.07) is 9.89. The van der Waals surface area contributed by atoms with Crippen molar-refractivity contribution in [2.24, 2.45) is 0 Å². The van der Waals surface area contributed by atoms with E-state index in [0.717, 1.165) is 4.90 Å². The smallest absolute Gasteiger partial charge is 0.257 e. The third-order valence-corrected chi connectivity index (χ3v) is 4.99. The summed E-state index contributed by atoms with van der Waals surface area (Å²) in [6.45, 7) is 0. The van der Waals surface area contributed by atoms with Crippen LogP contribution in [-0.2, 0) is 4.79 Å². The van der Waals surface area contributed by atoms with E-state index < -0.39 is 12.0 Å². The largest absolute Gasteiger partial charge is 0.378 e. The predicted molar refractivity (Wildman–Crippen MR) is 78.3 cm³/mol. The van der Waals surface area contributed by atoms with Crippen molar-refractivity contribution >= 4 is 39.3 Å². The molecular formula is C14H9BrFNO2S. The van der Waals surface area contributed by atoms with E-state index in [-0.39, 0.29) is 5.82 Å². The van der Waals surface area contributed by atoms with Gasteiger partial charge in [-0.3, -0.25) is 4.79 Å². The SMILES string of the molecule is O=C1Nc2cc(Sc3ccccc3F)c(Br)cc2C1O. The van der Waals surface area contributed by atoms with E-state index >= 15 is 0 Å². The van der Waals surface area contributed by atoms with Gasteiger partial charge in [0.1, 0.15) is 5.82 Å². The maximum Gasteiger partial charge on any atom is 0.257 e. The number of carbonyl (C=O) groups excluding carboxylic acids is 1. The summed E-state index contributed by atoms with van der Waals surface area (Å²) in [4.78, 5) is 12.7. The highest BCUT2D eigenvalue weighted by atomic mass is 79.9. The Morgan fingerprint density at radius 3 is 2.75 bits per heavy atom. The van der Waals surface area contributed by atoms with Crippen LogP contribution in [0.1, 0.15) is 11.7 Å². The number of aliphatic hydroxyl groups is 1. The molecule has 2 aromatic carbocycles. The molecule has 0 saturated carbocycles. The second-order valence-electron chi connectivity index (χ2n) is 4.29. The van der Waals surface area contributed by atoms with Gasteiger partial charge in [-0.15, -0.1) is 0 Å². The number of benzene rings is 2. The van der Waals surface area contributed by atoms with Crippen molar-refractivity contribution in [3.05, 3.63) is 52.3 Å². The van der Waals surface area contributed by atoms with Crippen molar-refractivity contribution < 1.29 is 14.3 Å². The zero-order chi connectivity index (χ0) is 14.3. The molecule has 2 aromatic rings. The molecule has 1 atom stereocenters. The van der Waals surface area contributed by atoms with Crippen LogP contribution in [0.2, 0.25) is 0 Å². The molecule has 0 radical (unpaired) electrons. The molecule has 3 nitrogen and oxygen atoms in total. The van der Waals surface area contributed by atoms with Gasteiger partial charge < -0.3 is 10.4 Å². The van der Waals surface area contributed by atoms with E-state index in [1.165, 1.54) is 17.8 Å². The van der Waals surface area contributed by atoms with Gasteiger partial charge in [-0.2, -0.15) is 0 Å². The van der Waals surface area contributed by atoms with Gasteiger partial charge in [0.2, 0.25) is 0 Å². The van der Waals surface area contributed by atoms with Crippen molar-refractivity contribution in [1.29, 1.82) is 0 Å². The van der Waals surface area contributed by atoms with E-state index in [1.807, 2.05) is 0 Å². The monoisotopic (exact) mass is 353 g/mol. The lowest BCUT2D eigenvalue weighted by Crippen LogP contribution is -2.10. The summed E-state index contributed by atoms with van der Waals surface area (Å²) in [7, 11) is 0. The Hall–Kier alpha value is -1.37. The lowest BCUT2D eigenvalue weighted by molar-refractivity contribution is -0.123. The van der Waals surface area contributed by atoms with Gasteiger partial charge in [0.25, 0.3) is 5.91 Å². The molecule has 2 N–H and O–H groups in total. The number of rotatable bonds is 2. The van der Waals surface area contributed by atoms with Gasteiger partial charge in [0.05, 0.1) is 0 Å². The molecule has 1 aliphatic heterocycles. The highest BCUT2D eigenvalue weighted by Gasteiger charge is 2.29. The molecule has 1 aliphatic rings. The molecule has 3 rings (SSSR count). The average molecular weight is 354 g/mol. The maximum atomic E-state index is 13.7. The Labute approximate surface area is 127 Å². The zero-order valence-corrected chi connectivity index (χ0v) is 12.5. The highest BCUT2D eigenvalue weighted by Crippen LogP contribution is 2.41. The van der Waals surface area contributed by atoms with E-state index in [0.29, 0.717) is 20.6 Å². The number of nitrogens with one attached hydrogen (secondary N) is 1. The number of halogens is 2. The minimum Gasteiger partial charge on any atom is -0.378 e. The number of amides is 1. The zero-order valence-electron chi connectivity index (χ0n) is 10.1. The van der Waals surface area contributed by atoms with Crippen LogP contribution >= 0.6 is 27.7 Å². The lowest BCUT2D eigenvalue weighted by Gasteiger charge is -2.08. The maximum absolute atomic E-state index is 13.7. The van der Waals surface area contributed by atoms with Gasteiger partial charge in [-0.1, -0.05) is 23.9 Å². The molecule has 0 saturated heterocycles. The van der Waals surface area contributed by atoms with Gasteiger partial charge in [-0.25, -0.2) is 4.39 Å². The number of fused-ring (bicyclic) bond motifs is 1. The fraction of sp³-hybridized carbons (Fsp3) is 0.0714. The molecule has 0 spiro atoms. The topological polar surface area (TPSA) is 49.3 Å². The summed E-state index contributed by atoms with van der Waals surface area (Å²) >= 11 is 4.64. The first kappa shape index (κ1) is 13.6. The van der Waals surface area contributed by atoms with E-state index in [9.17, 15) is 14.3 Å². The molecule has 1 amide bonds. The normalized spacial score (nSPS) is 16.9. The van der Waals surface area contributed by atoms with Crippen LogP contribution in [0, 0.1) is 5.82 Å². The summed E-state index contributed by atoms with van der Waals surface area (Å²) in [5.41, 5.74) is 1.09. The molecule has 0 aromatic heterocycles. The minimum atomic E-state index is -1.14. The van der Waals surface area contributed by atoms with Crippen LogP contribution in [0.3, 0.4) is 0 Å². The molecule has 1 heterocycles. The van der Waals surface area contributed by atoms with Crippen LogP contribution in [0.4, 0.5) is 10.1 Å². The molecule has 20 heavy (non-hydrogen) atoms. The van der Waals surface area contributed by atoms with E-state index in [1.54, 1.807) is 30.3 Å². The Kier molecular flexibility index (Phi) is 3.54. The number of hydrogen-bond donors (Lipinski definition) is 2. The minimum absolute atomic E-state index is 0.297. The quantitative estimate of drug-likeness (QED) is 0.864. The first-order chi connectivity index (χ1) is 9.56. The van der Waals surface area contributed by atoms with Crippen molar-refractivity contribution in [1.82, 2.24) is 0 Å². The Bertz CT molecular complexity index is 708. The molecule has 102 valence electrons. The lowest BCUT2D eigenvalue weighted by atomic mass is 10.1. The molecule has 0 fully saturated rings. The van der Waals surface area contributed by atoms with Gasteiger partial charge in [0, 0.05) is 25.5 Å². The van der Waals surface area contributed by atoms with Crippen molar-refractivity contribution in [2.45, 2.75) is 15.9 Å². The second-order valence-corrected chi connectivity index (χ2v) is 6.23. The van der Waals surface area contributed by atoms with E-state index in [2.05, 4.69) is 21.2 Å². The van der Waals surface area contributed by atoms with Crippen LogP contribution in [0.15, 0.2) is 50.7 Å². The predicted octanol–water partition coefficient (Wildman–Crippen LogP) is 3.72. The molecular weight excluding hydrogens is 345 g/mol. The second kappa shape index (κ2) is 5.20. The van der Waals surface area contributed by atoms with Gasteiger partial charge in [-0.05, 0) is 40.2 Å². The molecule has 6 heteroatoms. The first-order valence-electron chi connectivity index (χ1n) is 5.81. The Morgan fingerprint density at radius 2 is 2.00 bits per heavy atom. The summed E-state index contributed by atoms with van der Waals surface area (Å²) in [6.07, 6.45) is -1.14. The number of hydrogen-bond acceptors (Lipinski definition) is 3. The van der Waals surface area contributed by atoms with Gasteiger partial charge >= 0.3 is 0 Å². The van der Waals surface area contributed by atoms with Gasteiger partial charge in [0.15, 0.2) is 6.10 Å². The average Bonchev–Trinajstić information content (AvgIpc) is 2.69. The third kappa shape index (κ3) is 2.34. The van der Waals surface area contributed by atoms with Crippen molar-refractivity contribution in [3.63, 3.8) is 0 Å². The molecule has 0 bridgehead atoms. The Morgan fingerprint density at radius 1 is 1.25 bits per heavy atom. The number of carbonyl (C=O) groups is 1. The summed E-state index contributed by atoms with van der Waals surface area (Å²) in [5.74, 6) is -0.742. The van der Waals surface area contributed by atoms with E-state index in [4.69, 9.17) is 0 Å². The molecule has 0 aliphatic carbocycles. The van der Waals surface area contributed by atoms with Crippen LogP contribution in [0.25, 0.3) is 0 Å². The standard InChI is InChI=1S/C14H9BrFNO2S/c15-8-5-7-10(17-14(19)13(7)18)6-12(8)20-11-4-2-1-3-9(11)16/h1-6,13,18H,(H,17,19). The Balaban J connectivity index is 1.99. The highest BCUT2D eigenvalue weighted by molar-refractivity contribution is 9.10. The summed E-state index contributed by atoms with van der Waals surface area (Å²) < 4.78 is 14.4. The first-order valence-corrected chi connectivity index (χ1v) is 7.42. The fourth-order valence-electron chi connectivity index (χ4n) is 1.97. The van der Waals surface area contributed by atoms with Crippen molar-refractivity contribution in [3.8, 4) is 0 Å². The number of anilines is 1. The van der Waals surface area contributed by atoms with Crippen LogP contribution in [0.5, 0.6) is 0 Å².